The van der Waals surface area contributed by atoms with Crippen molar-refractivity contribution in [1.82, 2.24) is 0 Å². The van der Waals surface area contributed by atoms with Gasteiger partial charge in [0.2, 0.25) is 0 Å². The summed E-state index contributed by atoms with van der Waals surface area (Å²) < 4.78 is 10.5. The molecule has 0 saturated heterocycles. The van der Waals surface area contributed by atoms with Gasteiger partial charge in [0.05, 0.1) is 18.2 Å². The van der Waals surface area contributed by atoms with Gasteiger partial charge in [-0.3, -0.25) is 9.59 Å². The lowest BCUT2D eigenvalue weighted by molar-refractivity contribution is -0.141. The molecule has 8 heteroatoms. The lowest BCUT2D eigenvalue weighted by Gasteiger charge is -2.10. The average molecular weight is 436 g/mol. The van der Waals surface area contributed by atoms with Crippen LogP contribution in [0.4, 0.5) is 5.00 Å². The number of primary amides is 1. The maximum absolute atomic E-state index is 12.8. The van der Waals surface area contributed by atoms with Crippen LogP contribution in [0.1, 0.15) is 21.5 Å². The van der Waals surface area contributed by atoms with E-state index in [1.165, 1.54) is 6.07 Å². The number of ether oxygens (including phenoxy) is 2. The minimum atomic E-state index is -0.662. The van der Waals surface area contributed by atoms with E-state index in [1.807, 2.05) is 18.2 Å². The van der Waals surface area contributed by atoms with Gasteiger partial charge in [-0.2, -0.15) is 0 Å². The van der Waals surface area contributed by atoms with E-state index in [4.69, 9.17) is 15.2 Å². The number of carbonyl (C=O) groups excluding carboxylic acids is 3. The second kappa shape index (κ2) is 10.2. The molecular formula is C23H20N2O5S. The first-order valence-corrected chi connectivity index (χ1v) is 10.1. The van der Waals surface area contributed by atoms with Crippen LogP contribution >= 0.6 is 11.3 Å². The Bertz CT molecular complexity index is 1120. The van der Waals surface area contributed by atoms with Crippen LogP contribution in [0.2, 0.25) is 0 Å². The Labute approximate surface area is 183 Å². The van der Waals surface area contributed by atoms with Crippen molar-refractivity contribution >= 4 is 45.8 Å². The molecule has 0 spiro atoms. The number of hydrogen-bond acceptors (Lipinski definition) is 6. The molecule has 0 radical (unpaired) electrons. The average Bonchev–Trinajstić information content (AvgIpc) is 3.25. The van der Waals surface area contributed by atoms with Crippen molar-refractivity contribution in [3.63, 3.8) is 0 Å². The first-order valence-electron chi connectivity index (χ1n) is 9.23. The molecule has 2 amide bonds. The first-order chi connectivity index (χ1) is 15.0. The number of hydrogen-bond donors (Lipinski definition) is 2. The van der Waals surface area contributed by atoms with Gasteiger partial charge in [-0.05, 0) is 40.8 Å². The number of benzene rings is 2. The Morgan fingerprint density at radius 1 is 1.06 bits per heavy atom. The second-order valence-corrected chi connectivity index (χ2v) is 7.27. The maximum atomic E-state index is 12.8. The third kappa shape index (κ3) is 5.80. The summed E-state index contributed by atoms with van der Waals surface area (Å²) in [5, 5.41) is 4.48. The Kier molecular flexibility index (Phi) is 7.18. The molecule has 3 N–H and O–H groups in total. The van der Waals surface area contributed by atoms with Crippen LogP contribution in [0.3, 0.4) is 0 Å². The van der Waals surface area contributed by atoms with Crippen LogP contribution < -0.4 is 15.8 Å². The van der Waals surface area contributed by atoms with Crippen molar-refractivity contribution < 1.29 is 23.9 Å². The molecule has 2 aromatic carbocycles. The molecule has 0 atom stereocenters. The number of nitrogens with one attached hydrogen (secondary N) is 1. The molecule has 0 aliphatic rings. The van der Waals surface area contributed by atoms with E-state index in [1.54, 1.807) is 55.0 Å². The number of esters is 1. The molecule has 1 aromatic heterocycles. The normalized spacial score (nSPS) is 10.9. The third-order valence-electron chi connectivity index (χ3n) is 4.23. The van der Waals surface area contributed by atoms with E-state index in [0.29, 0.717) is 16.3 Å². The van der Waals surface area contributed by atoms with Gasteiger partial charge >= 0.3 is 5.97 Å². The zero-order chi connectivity index (χ0) is 22.2. The quantitative estimate of drug-likeness (QED) is 0.319. The molecule has 0 fully saturated rings. The van der Waals surface area contributed by atoms with Gasteiger partial charge in [0.25, 0.3) is 11.8 Å². The zero-order valence-electron chi connectivity index (χ0n) is 16.7. The summed E-state index contributed by atoms with van der Waals surface area (Å²) in [5.41, 5.74) is 7.14. The summed E-state index contributed by atoms with van der Waals surface area (Å²) in [6.07, 6.45) is 1.67. The molecule has 3 aromatic rings. The summed E-state index contributed by atoms with van der Waals surface area (Å²) in [6.45, 7) is -0.517. The third-order valence-corrected chi connectivity index (χ3v) is 5.06. The van der Waals surface area contributed by atoms with Gasteiger partial charge < -0.3 is 20.5 Å². The molecule has 7 nitrogen and oxygen atoms in total. The highest BCUT2D eigenvalue weighted by atomic mass is 32.1. The number of rotatable bonds is 8. The van der Waals surface area contributed by atoms with Crippen LogP contribution in [0.15, 0.2) is 66.0 Å². The van der Waals surface area contributed by atoms with Gasteiger partial charge in [-0.15, -0.1) is 11.3 Å². The van der Waals surface area contributed by atoms with E-state index in [-0.39, 0.29) is 11.1 Å². The number of thiophene rings is 1. The van der Waals surface area contributed by atoms with E-state index in [9.17, 15) is 14.4 Å². The van der Waals surface area contributed by atoms with Crippen molar-refractivity contribution in [2.75, 3.05) is 19.0 Å². The van der Waals surface area contributed by atoms with Crippen molar-refractivity contribution in [3.8, 4) is 5.75 Å². The summed E-state index contributed by atoms with van der Waals surface area (Å²) in [4.78, 5) is 36.4. The van der Waals surface area contributed by atoms with Gasteiger partial charge in [0.15, 0.2) is 6.61 Å². The highest BCUT2D eigenvalue weighted by Crippen LogP contribution is 2.24. The number of carbonyl (C=O) groups is 3. The smallest absolute Gasteiger partial charge is 0.339 e. The van der Waals surface area contributed by atoms with Gasteiger partial charge in [-0.25, -0.2) is 4.79 Å². The molecule has 0 aliphatic carbocycles. The van der Waals surface area contributed by atoms with E-state index < -0.39 is 24.4 Å². The van der Waals surface area contributed by atoms with Gasteiger partial charge in [0.1, 0.15) is 10.8 Å². The monoisotopic (exact) mass is 436 g/mol. The SMILES string of the molecule is COc1cccc(/C=C(\C(=O)OCC(=O)Nc2sccc2C(N)=O)c2ccccc2)c1. The highest BCUT2D eigenvalue weighted by molar-refractivity contribution is 7.14. The summed E-state index contributed by atoms with van der Waals surface area (Å²) in [6, 6.07) is 17.7. The van der Waals surface area contributed by atoms with E-state index in [0.717, 1.165) is 16.9 Å². The minimum absolute atomic E-state index is 0.201. The van der Waals surface area contributed by atoms with Crippen LogP contribution in [-0.4, -0.2) is 31.5 Å². The fraction of sp³-hybridized carbons (Fsp3) is 0.0870. The summed E-state index contributed by atoms with van der Waals surface area (Å²) >= 11 is 1.15. The molecule has 0 aliphatic heterocycles. The van der Waals surface area contributed by atoms with Crippen LogP contribution in [0.5, 0.6) is 5.75 Å². The lowest BCUT2D eigenvalue weighted by Crippen LogP contribution is -2.22. The first kappa shape index (κ1) is 21.8. The molecule has 0 saturated carbocycles. The Balaban J connectivity index is 1.76. The molecule has 3 rings (SSSR count). The number of amides is 2. The zero-order valence-corrected chi connectivity index (χ0v) is 17.5. The Hall–Kier alpha value is -3.91. The van der Waals surface area contributed by atoms with Crippen molar-refractivity contribution in [1.29, 1.82) is 0 Å². The number of nitrogens with two attached hydrogens (primary N) is 1. The predicted octanol–water partition coefficient (Wildman–Crippen LogP) is 3.58. The van der Waals surface area contributed by atoms with E-state index >= 15 is 0 Å². The van der Waals surface area contributed by atoms with Crippen LogP contribution in [-0.2, 0) is 14.3 Å². The number of methoxy groups -OCH3 is 1. The molecule has 158 valence electrons. The number of anilines is 1. The van der Waals surface area contributed by atoms with Crippen molar-refractivity contribution in [2.45, 2.75) is 0 Å². The molecule has 1 heterocycles. The van der Waals surface area contributed by atoms with Gasteiger partial charge in [-0.1, -0.05) is 42.5 Å². The van der Waals surface area contributed by atoms with Gasteiger partial charge in [0, 0.05) is 0 Å². The maximum Gasteiger partial charge on any atom is 0.339 e. The minimum Gasteiger partial charge on any atom is -0.497 e. The largest absolute Gasteiger partial charge is 0.497 e. The molecule has 31 heavy (non-hydrogen) atoms. The van der Waals surface area contributed by atoms with Crippen LogP contribution in [0, 0.1) is 0 Å². The second-order valence-electron chi connectivity index (χ2n) is 6.35. The predicted molar refractivity (Wildman–Crippen MR) is 120 cm³/mol. The lowest BCUT2D eigenvalue weighted by atomic mass is 10.0. The Morgan fingerprint density at radius 2 is 1.84 bits per heavy atom. The molecule has 0 bridgehead atoms. The Morgan fingerprint density at radius 3 is 2.55 bits per heavy atom. The molecule has 0 unspecified atom stereocenters. The van der Waals surface area contributed by atoms with Crippen molar-refractivity contribution in [3.05, 3.63) is 82.7 Å². The fourth-order valence-corrected chi connectivity index (χ4v) is 3.56. The topological polar surface area (TPSA) is 108 Å². The summed E-state index contributed by atoms with van der Waals surface area (Å²) in [5.74, 6) is -1.24. The van der Waals surface area contributed by atoms with Crippen molar-refractivity contribution in [2.24, 2.45) is 5.73 Å². The highest BCUT2D eigenvalue weighted by Gasteiger charge is 2.17. The fourth-order valence-electron chi connectivity index (χ4n) is 2.75. The summed E-state index contributed by atoms with van der Waals surface area (Å²) in [7, 11) is 1.56. The standard InChI is InChI=1S/C23H20N2O5S/c1-29-17-9-5-6-15(12-17)13-19(16-7-3-2-4-8-16)23(28)30-14-20(26)25-22-18(21(24)27)10-11-31-22/h2-13H,14H2,1H3,(H2,24,27)(H,25,26)/b19-13-. The van der Waals surface area contributed by atoms with Crippen LogP contribution in [0.25, 0.3) is 11.6 Å². The van der Waals surface area contributed by atoms with E-state index in [2.05, 4.69) is 5.32 Å². The molecular weight excluding hydrogens is 416 g/mol.